The van der Waals surface area contributed by atoms with Gasteiger partial charge in [-0.05, 0) is 35.7 Å². The van der Waals surface area contributed by atoms with Crippen LogP contribution in [0.15, 0.2) is 42.5 Å². The van der Waals surface area contributed by atoms with Gasteiger partial charge in [0.25, 0.3) is 11.8 Å². The number of hydrogen-bond donors (Lipinski definition) is 1. The Morgan fingerprint density at radius 1 is 1.06 bits per heavy atom. The van der Waals surface area contributed by atoms with Gasteiger partial charge in [-0.3, -0.25) is 19.2 Å². The summed E-state index contributed by atoms with van der Waals surface area (Å²) in [5, 5.41) is 1.49. The van der Waals surface area contributed by atoms with E-state index in [-0.39, 0.29) is 36.2 Å². The lowest BCUT2D eigenvalue weighted by molar-refractivity contribution is -0.148. The Kier molecular flexibility index (Phi) is 6.35. The smallest absolute Gasteiger partial charge is 0.349 e. The molecule has 0 spiro atoms. The maximum absolute atomic E-state index is 14.8. The van der Waals surface area contributed by atoms with Crippen LogP contribution in [0.5, 0.6) is 0 Å². The van der Waals surface area contributed by atoms with Gasteiger partial charge in [-0.15, -0.1) is 0 Å². The molecule has 0 bridgehead atoms. The summed E-state index contributed by atoms with van der Waals surface area (Å²) >= 11 is 5.77. The van der Waals surface area contributed by atoms with Gasteiger partial charge in [-0.25, -0.2) is 0 Å². The third kappa shape index (κ3) is 4.23. The van der Waals surface area contributed by atoms with E-state index >= 15 is 0 Å². The number of benzene rings is 2. The molecule has 2 aliphatic rings. The number of hydrogen-bond acceptors (Lipinski definition) is 4. The van der Waals surface area contributed by atoms with Gasteiger partial charge in [-0.2, -0.15) is 8.78 Å². The second kappa shape index (κ2) is 8.80. The van der Waals surface area contributed by atoms with Crippen molar-refractivity contribution in [3.8, 4) is 0 Å². The molecule has 2 aromatic rings. The molecular weight excluding hydrogens is 487 g/mol. The Morgan fingerprint density at radius 2 is 1.67 bits per heavy atom. The lowest BCUT2D eigenvalue weighted by Gasteiger charge is -2.43. The zero-order chi connectivity index (χ0) is 26.6. The zero-order valence-corrected chi connectivity index (χ0v) is 21.1. The van der Waals surface area contributed by atoms with Crippen molar-refractivity contribution >= 4 is 66.7 Å². The highest BCUT2D eigenvalue weighted by atomic mass is 35.5. The van der Waals surface area contributed by atoms with Gasteiger partial charge in [0.15, 0.2) is 0 Å². The molecule has 7 nitrogen and oxygen atoms in total. The lowest BCUT2D eigenvalue weighted by Crippen LogP contribution is -2.64. The van der Waals surface area contributed by atoms with Crippen LogP contribution < -0.4 is 5.32 Å². The average molecular weight is 509 g/mol. The molecule has 1 unspecified atom stereocenters. The Morgan fingerprint density at radius 3 is 2.31 bits per heavy atom. The van der Waals surface area contributed by atoms with Crippen LogP contribution in [0.4, 0.5) is 8.78 Å². The van der Waals surface area contributed by atoms with E-state index < -0.39 is 34.1 Å². The summed E-state index contributed by atoms with van der Waals surface area (Å²) in [7, 11) is 6.22. The summed E-state index contributed by atoms with van der Waals surface area (Å²) in [6.45, 7) is 0.122. The van der Waals surface area contributed by atoms with Crippen LogP contribution in [0.3, 0.4) is 0 Å². The number of rotatable bonds is 5. The fraction of sp³-hybridized carbons (Fsp3) is 0.273. The molecule has 4 amide bonds. The largest absolute Gasteiger partial charge is 0.357 e. The molecule has 2 aliphatic heterocycles. The highest BCUT2D eigenvalue weighted by Crippen LogP contribution is 2.36. The minimum absolute atomic E-state index is 0.122. The molecule has 2 aromatic carbocycles. The number of carbonyl (C=O) groups excluding carboxylic acids is 4. The summed E-state index contributed by atoms with van der Waals surface area (Å²) < 4.78 is 29.7. The molecule has 1 N–H and O–H groups in total. The van der Waals surface area contributed by atoms with Crippen LogP contribution in [-0.4, -0.2) is 70.3 Å². The van der Waals surface area contributed by atoms with Crippen LogP contribution in [0.2, 0.25) is 5.02 Å². The third-order valence-corrected chi connectivity index (χ3v) is 7.36. The molecule has 182 valence electrons. The number of halogens is 3. The number of carbonyl (C=O) groups is 4. The van der Waals surface area contributed by atoms with Crippen molar-refractivity contribution in [2.45, 2.75) is 36.1 Å². The molecule has 0 aromatic heterocycles. The third-order valence-electron chi connectivity index (χ3n) is 7.11. The Hall–Kier alpha value is -3.07. The second-order valence-electron chi connectivity index (χ2n) is 9.96. The molecule has 4 rings (SSSR count). The molecule has 0 saturated carbocycles. The molecule has 1 saturated heterocycles. The Bertz CT molecular complexity index is 1290. The van der Waals surface area contributed by atoms with E-state index in [0.717, 1.165) is 16.9 Å². The van der Waals surface area contributed by atoms with Crippen molar-refractivity contribution in [1.29, 1.82) is 0 Å². The number of nitrogens with zero attached hydrogens (tertiary/aromatic N) is 2. The van der Waals surface area contributed by atoms with Crippen molar-refractivity contribution in [3.05, 3.63) is 69.7 Å². The van der Waals surface area contributed by atoms with Crippen LogP contribution in [0, 0.1) is 0 Å². The quantitative estimate of drug-likeness (QED) is 0.398. The van der Waals surface area contributed by atoms with Crippen molar-refractivity contribution in [2.24, 2.45) is 0 Å². The van der Waals surface area contributed by atoms with Crippen molar-refractivity contribution < 1.29 is 28.0 Å². The standard InChI is InChI=1S/C22H22B4ClF2N3O4/c23-20(8-7-16(33)32(26)19(20)36)31-10-11-9-13(3-6-15(11)17(31)34)22(24,25)30-18(35)21(28,29)12-1-4-14(27)5-2-12/h1-6,9H,7-8,10,23-26H2,(H,30,35). The van der Waals surface area contributed by atoms with Gasteiger partial charge >= 0.3 is 5.92 Å². The van der Waals surface area contributed by atoms with Crippen LogP contribution in [-0.2, 0) is 32.2 Å². The SMILES string of the molecule is BN1C(=O)CCC(B)(N2Cc3cc(C(B)(B)NC(=O)C(F)(F)c4ccc(Cl)cc4)ccc3C2=O)C1=O. The topological polar surface area (TPSA) is 86.8 Å². The fourth-order valence-electron chi connectivity index (χ4n) is 4.68. The first-order valence-corrected chi connectivity index (χ1v) is 11.8. The molecule has 0 radical (unpaired) electrons. The van der Waals surface area contributed by atoms with E-state index in [1.54, 1.807) is 41.7 Å². The average Bonchev–Trinajstić information content (AvgIpc) is 3.17. The van der Waals surface area contributed by atoms with Crippen molar-refractivity contribution in [2.75, 3.05) is 0 Å². The maximum Gasteiger partial charge on any atom is 0.349 e. The molecule has 1 fully saturated rings. The Labute approximate surface area is 215 Å². The lowest BCUT2D eigenvalue weighted by atomic mass is 9.57. The minimum Gasteiger partial charge on any atom is -0.357 e. The number of piperidine rings is 1. The van der Waals surface area contributed by atoms with Gasteiger partial charge < -0.3 is 15.0 Å². The van der Waals surface area contributed by atoms with Crippen LogP contribution >= 0.6 is 11.6 Å². The number of amides is 4. The first kappa shape index (κ1) is 26.0. The van der Waals surface area contributed by atoms with Gasteiger partial charge in [0.1, 0.15) is 23.5 Å². The summed E-state index contributed by atoms with van der Waals surface area (Å²) in [4.78, 5) is 53.1. The van der Waals surface area contributed by atoms with Crippen molar-refractivity contribution in [3.63, 3.8) is 0 Å². The van der Waals surface area contributed by atoms with Gasteiger partial charge in [0, 0.05) is 34.5 Å². The first-order chi connectivity index (χ1) is 16.7. The monoisotopic (exact) mass is 509 g/mol. The van der Waals surface area contributed by atoms with E-state index in [9.17, 15) is 28.0 Å². The van der Waals surface area contributed by atoms with E-state index in [2.05, 4.69) is 5.32 Å². The fourth-order valence-corrected chi connectivity index (χ4v) is 4.81. The molecular formula is C22H22B4ClF2N3O4. The molecule has 1 atom stereocenters. The normalized spacial score (nSPS) is 20.5. The van der Waals surface area contributed by atoms with Gasteiger partial charge in [0.2, 0.25) is 19.8 Å². The van der Waals surface area contributed by atoms with E-state index in [1.807, 2.05) is 0 Å². The predicted molar refractivity (Wildman–Crippen MR) is 139 cm³/mol. The Balaban J connectivity index is 1.57. The summed E-state index contributed by atoms with van der Waals surface area (Å²) in [5.41, 5.74) is -0.143. The molecule has 2 heterocycles. The highest BCUT2D eigenvalue weighted by Gasteiger charge is 2.50. The van der Waals surface area contributed by atoms with Crippen LogP contribution in [0.25, 0.3) is 0 Å². The van der Waals surface area contributed by atoms with E-state index in [0.29, 0.717) is 16.7 Å². The summed E-state index contributed by atoms with van der Waals surface area (Å²) in [6.07, 6.45) is 0.355. The molecule has 14 heteroatoms. The molecule has 0 aliphatic carbocycles. The van der Waals surface area contributed by atoms with Crippen LogP contribution in [0.1, 0.15) is 39.9 Å². The number of fused-ring (bicyclic) bond motifs is 1. The van der Waals surface area contributed by atoms with E-state index in [1.165, 1.54) is 25.0 Å². The number of imide groups is 1. The number of nitrogens with one attached hydrogen (secondary N) is 1. The van der Waals surface area contributed by atoms with Gasteiger partial charge in [-0.1, -0.05) is 35.9 Å². The first-order valence-electron chi connectivity index (χ1n) is 11.4. The maximum atomic E-state index is 14.8. The predicted octanol–water partition coefficient (Wildman–Crippen LogP) is -1.39. The second-order valence-corrected chi connectivity index (χ2v) is 10.4. The van der Waals surface area contributed by atoms with Crippen molar-refractivity contribution in [1.82, 2.24) is 15.0 Å². The molecule has 36 heavy (non-hydrogen) atoms. The highest BCUT2D eigenvalue weighted by molar-refractivity contribution is 6.41. The van der Waals surface area contributed by atoms with E-state index in [4.69, 9.17) is 11.6 Å². The van der Waals surface area contributed by atoms with Gasteiger partial charge in [0.05, 0.1) is 5.44 Å². The number of alkyl halides is 2. The summed E-state index contributed by atoms with van der Waals surface area (Å²) in [6, 6.07) is 9.63. The zero-order valence-electron chi connectivity index (χ0n) is 20.3. The minimum atomic E-state index is -3.79. The summed E-state index contributed by atoms with van der Waals surface area (Å²) in [5.74, 6) is -6.34.